The van der Waals surface area contributed by atoms with E-state index < -0.39 is 0 Å². The first-order valence-corrected chi connectivity index (χ1v) is 9.18. The minimum Gasteiger partial charge on any atom is -0.383 e. The number of pyridine rings is 1. The van der Waals surface area contributed by atoms with Gasteiger partial charge in [0.05, 0.1) is 5.52 Å². The Morgan fingerprint density at radius 1 is 1.21 bits per heavy atom. The molecule has 0 saturated heterocycles. The Morgan fingerprint density at radius 3 is 2.92 bits per heavy atom. The van der Waals surface area contributed by atoms with Crippen molar-refractivity contribution in [3.8, 4) is 0 Å². The first-order valence-electron chi connectivity index (χ1n) is 8.80. The Labute approximate surface area is 149 Å². The molecule has 1 aromatic heterocycles. The minimum atomic E-state index is 0.723. The predicted molar refractivity (Wildman–Crippen MR) is 103 cm³/mol. The van der Waals surface area contributed by atoms with Crippen molar-refractivity contribution in [2.45, 2.75) is 25.3 Å². The van der Waals surface area contributed by atoms with E-state index in [1.54, 1.807) is 0 Å². The number of rotatable bonds is 7. The lowest BCUT2D eigenvalue weighted by molar-refractivity contribution is 0.234. The second-order valence-corrected chi connectivity index (χ2v) is 7.31. The number of nitrogens with one attached hydrogen (secondary N) is 2. The van der Waals surface area contributed by atoms with Crippen LogP contribution in [0, 0.1) is 5.92 Å². The highest BCUT2D eigenvalue weighted by Gasteiger charge is 2.28. The zero-order valence-corrected chi connectivity index (χ0v) is 15.3. The van der Waals surface area contributed by atoms with Crippen LogP contribution in [0.25, 0.3) is 10.9 Å². The molecule has 2 atom stereocenters. The molecule has 0 radical (unpaired) electrons. The highest BCUT2D eigenvalue weighted by Crippen LogP contribution is 2.28. The van der Waals surface area contributed by atoms with E-state index in [0.29, 0.717) is 0 Å². The summed E-state index contributed by atoms with van der Waals surface area (Å²) in [7, 11) is 4.40. The van der Waals surface area contributed by atoms with Crippen LogP contribution in [-0.2, 0) is 0 Å². The SMILES string of the molecule is CN(C)C1CCCC1CNCCNc1ccnc2cc(Cl)ccc12. The Hall–Kier alpha value is -1.36. The van der Waals surface area contributed by atoms with Crippen LogP contribution in [-0.4, -0.2) is 49.7 Å². The predicted octanol–water partition coefficient (Wildman–Crippen LogP) is 3.62. The lowest BCUT2D eigenvalue weighted by atomic mass is 10.0. The van der Waals surface area contributed by atoms with Crippen LogP contribution in [0.1, 0.15) is 19.3 Å². The summed E-state index contributed by atoms with van der Waals surface area (Å²) in [6, 6.07) is 8.60. The third kappa shape index (κ3) is 4.18. The van der Waals surface area contributed by atoms with Gasteiger partial charge >= 0.3 is 0 Å². The standard InChI is InChI=1S/C19H27ClN4/c1-24(2)19-5-3-4-14(19)13-21-10-11-23-17-8-9-22-18-12-15(20)6-7-16(17)18/h6-9,12,14,19,21H,3-5,10-11,13H2,1-2H3,(H,22,23). The second kappa shape index (κ2) is 8.15. The lowest BCUT2D eigenvalue weighted by Crippen LogP contribution is -2.37. The summed E-state index contributed by atoms with van der Waals surface area (Å²) in [6.45, 7) is 2.98. The fourth-order valence-electron chi connectivity index (χ4n) is 3.78. The number of nitrogens with zero attached hydrogens (tertiary/aromatic N) is 2. The Balaban J connectivity index is 1.47. The molecule has 0 bridgehead atoms. The zero-order valence-electron chi connectivity index (χ0n) is 14.6. The van der Waals surface area contributed by atoms with Gasteiger partial charge < -0.3 is 15.5 Å². The van der Waals surface area contributed by atoms with Crippen LogP contribution >= 0.6 is 11.6 Å². The van der Waals surface area contributed by atoms with Crippen molar-refractivity contribution in [1.82, 2.24) is 15.2 Å². The van der Waals surface area contributed by atoms with E-state index in [1.165, 1.54) is 19.3 Å². The van der Waals surface area contributed by atoms with Crippen LogP contribution < -0.4 is 10.6 Å². The fraction of sp³-hybridized carbons (Fsp3) is 0.526. The summed E-state index contributed by atoms with van der Waals surface area (Å²) >= 11 is 6.04. The summed E-state index contributed by atoms with van der Waals surface area (Å²) < 4.78 is 0. The third-order valence-electron chi connectivity index (χ3n) is 5.01. The number of hydrogen-bond donors (Lipinski definition) is 2. The van der Waals surface area contributed by atoms with E-state index in [0.717, 1.165) is 53.2 Å². The molecule has 1 fully saturated rings. The number of benzene rings is 1. The molecule has 2 N–H and O–H groups in total. The molecule has 3 rings (SSSR count). The maximum absolute atomic E-state index is 6.04. The number of aromatic nitrogens is 1. The van der Waals surface area contributed by atoms with E-state index in [-0.39, 0.29) is 0 Å². The van der Waals surface area contributed by atoms with Gasteiger partial charge in [0.2, 0.25) is 0 Å². The molecule has 0 spiro atoms. The van der Waals surface area contributed by atoms with Gasteiger partial charge in [-0.3, -0.25) is 4.98 Å². The van der Waals surface area contributed by atoms with Crippen molar-refractivity contribution in [3.05, 3.63) is 35.5 Å². The number of hydrogen-bond acceptors (Lipinski definition) is 4. The van der Waals surface area contributed by atoms with Crippen LogP contribution in [0.4, 0.5) is 5.69 Å². The normalized spacial score (nSPS) is 20.8. The highest BCUT2D eigenvalue weighted by molar-refractivity contribution is 6.31. The van der Waals surface area contributed by atoms with Crippen molar-refractivity contribution in [2.75, 3.05) is 39.0 Å². The summed E-state index contributed by atoms with van der Waals surface area (Å²) in [5.74, 6) is 0.781. The van der Waals surface area contributed by atoms with Crippen molar-refractivity contribution >= 4 is 28.2 Å². The van der Waals surface area contributed by atoms with Gasteiger partial charge in [0, 0.05) is 41.4 Å². The maximum atomic E-state index is 6.04. The zero-order chi connectivity index (χ0) is 16.9. The molecule has 130 valence electrons. The first-order chi connectivity index (χ1) is 11.6. The summed E-state index contributed by atoms with van der Waals surface area (Å²) in [6.07, 6.45) is 5.87. The minimum absolute atomic E-state index is 0.723. The smallest absolute Gasteiger partial charge is 0.0737 e. The summed E-state index contributed by atoms with van der Waals surface area (Å²) in [5, 5.41) is 8.96. The molecule has 5 heteroatoms. The number of halogens is 1. The van der Waals surface area contributed by atoms with E-state index in [9.17, 15) is 0 Å². The van der Waals surface area contributed by atoms with Crippen molar-refractivity contribution in [1.29, 1.82) is 0 Å². The van der Waals surface area contributed by atoms with Gasteiger partial charge in [-0.2, -0.15) is 0 Å². The van der Waals surface area contributed by atoms with E-state index in [1.807, 2.05) is 30.5 Å². The quantitative estimate of drug-likeness (QED) is 0.751. The van der Waals surface area contributed by atoms with Gasteiger partial charge in [-0.15, -0.1) is 0 Å². The highest BCUT2D eigenvalue weighted by atomic mass is 35.5. The molecule has 24 heavy (non-hydrogen) atoms. The molecule has 1 aromatic carbocycles. The maximum Gasteiger partial charge on any atom is 0.0737 e. The Bertz CT molecular complexity index is 673. The molecule has 1 heterocycles. The molecular formula is C19H27ClN4. The second-order valence-electron chi connectivity index (χ2n) is 6.87. The molecule has 1 saturated carbocycles. The van der Waals surface area contributed by atoms with Gasteiger partial charge in [-0.1, -0.05) is 18.0 Å². The van der Waals surface area contributed by atoms with Crippen molar-refractivity contribution < 1.29 is 0 Å². The molecule has 2 unspecified atom stereocenters. The van der Waals surface area contributed by atoms with Gasteiger partial charge in [0.15, 0.2) is 0 Å². The van der Waals surface area contributed by atoms with Crippen LogP contribution in [0.2, 0.25) is 5.02 Å². The van der Waals surface area contributed by atoms with E-state index in [2.05, 4.69) is 34.6 Å². The first kappa shape index (κ1) is 17.5. The molecule has 2 aromatic rings. The van der Waals surface area contributed by atoms with Crippen LogP contribution in [0.3, 0.4) is 0 Å². The van der Waals surface area contributed by atoms with Gasteiger partial charge in [-0.25, -0.2) is 0 Å². The Kier molecular flexibility index (Phi) is 5.93. The molecule has 4 nitrogen and oxygen atoms in total. The topological polar surface area (TPSA) is 40.2 Å². The monoisotopic (exact) mass is 346 g/mol. The van der Waals surface area contributed by atoms with Crippen molar-refractivity contribution in [2.24, 2.45) is 5.92 Å². The van der Waals surface area contributed by atoms with Crippen molar-refractivity contribution in [3.63, 3.8) is 0 Å². The van der Waals surface area contributed by atoms with E-state index >= 15 is 0 Å². The third-order valence-corrected chi connectivity index (χ3v) is 5.25. The molecular weight excluding hydrogens is 320 g/mol. The average molecular weight is 347 g/mol. The lowest BCUT2D eigenvalue weighted by Gasteiger charge is -2.26. The van der Waals surface area contributed by atoms with Gasteiger partial charge in [0.25, 0.3) is 0 Å². The summed E-state index contributed by atoms with van der Waals surface area (Å²) in [5.41, 5.74) is 2.05. The van der Waals surface area contributed by atoms with Crippen LogP contribution in [0.15, 0.2) is 30.5 Å². The molecule has 0 aliphatic heterocycles. The summed E-state index contributed by atoms with van der Waals surface area (Å²) in [4.78, 5) is 6.76. The molecule has 1 aliphatic carbocycles. The number of anilines is 1. The average Bonchev–Trinajstić information content (AvgIpc) is 3.03. The Morgan fingerprint density at radius 2 is 2.08 bits per heavy atom. The molecule has 0 amide bonds. The van der Waals surface area contributed by atoms with Gasteiger partial charge in [-0.05, 0) is 63.7 Å². The largest absolute Gasteiger partial charge is 0.383 e. The van der Waals surface area contributed by atoms with Gasteiger partial charge in [0.1, 0.15) is 0 Å². The van der Waals surface area contributed by atoms with Crippen LogP contribution in [0.5, 0.6) is 0 Å². The number of fused-ring (bicyclic) bond motifs is 1. The van der Waals surface area contributed by atoms with E-state index in [4.69, 9.17) is 11.6 Å². The molecule has 1 aliphatic rings. The fourth-order valence-corrected chi connectivity index (χ4v) is 3.95.